The molecule has 0 aliphatic carbocycles. The molecule has 0 unspecified atom stereocenters. The van der Waals surface area contributed by atoms with E-state index in [0.717, 1.165) is 5.56 Å². The van der Waals surface area contributed by atoms with Crippen LogP contribution in [-0.2, 0) is 0 Å². The number of benzene rings is 1. The summed E-state index contributed by atoms with van der Waals surface area (Å²) in [4.78, 5) is 0. The van der Waals surface area contributed by atoms with Crippen molar-refractivity contribution in [2.24, 2.45) is 0 Å². The average Bonchev–Trinajstić information content (AvgIpc) is 1.64. The molecule has 42 valence electrons. The van der Waals surface area contributed by atoms with E-state index in [-0.39, 0.29) is 24.7 Å². The molecule has 0 aliphatic rings. The summed E-state index contributed by atoms with van der Waals surface area (Å²) in [6.07, 6.45) is 0. The monoisotopic (exact) mass is 116 g/mol. The Labute approximate surface area is 66.3 Å². The number of halogens is 1. The Bertz CT molecular complexity index is 169. The van der Waals surface area contributed by atoms with E-state index in [1.54, 1.807) is 6.07 Å². The second-order valence-electron chi connectivity index (χ2n) is 1.68. The average molecular weight is 116 g/mol. The van der Waals surface area contributed by atoms with E-state index in [4.69, 9.17) is 0 Å². The predicted octanol–water partition coefficient (Wildman–Crippen LogP) is -1.06. The fraction of sp³-hybridized carbons (Fsp3) is 0.143. The molecule has 0 atom stereocenters. The van der Waals surface area contributed by atoms with Crippen LogP contribution in [0.25, 0.3) is 0 Å². The molecule has 0 radical (unpaired) electrons. The first-order valence-electron chi connectivity index (χ1n) is 2.43. The van der Waals surface area contributed by atoms with Crippen LogP contribution in [0.2, 0.25) is 0 Å². The zero-order valence-electron chi connectivity index (χ0n) is 5.61. The molecular weight excluding hydrogens is 110 g/mol. The molecule has 1 aromatic carbocycles. The van der Waals surface area contributed by atoms with Crippen molar-refractivity contribution in [3.05, 3.63) is 35.6 Å². The van der Waals surface area contributed by atoms with Gasteiger partial charge in [-0.05, 0) is 0 Å². The molecule has 0 bridgehead atoms. The van der Waals surface area contributed by atoms with Crippen LogP contribution < -0.4 is 18.9 Å². The molecule has 0 amide bonds. The third kappa shape index (κ3) is 2.69. The summed E-state index contributed by atoms with van der Waals surface area (Å²) in [5.41, 5.74) is 0.838. The summed E-state index contributed by atoms with van der Waals surface area (Å²) in [5, 5.41) is 0. The van der Waals surface area contributed by atoms with Gasteiger partial charge in [0.25, 0.3) is 0 Å². The summed E-state index contributed by atoms with van der Waals surface area (Å²) >= 11 is 0. The van der Waals surface area contributed by atoms with Crippen LogP contribution in [0.1, 0.15) is 5.56 Å². The third-order valence-electron chi connectivity index (χ3n) is 0.905. The van der Waals surface area contributed by atoms with Gasteiger partial charge in [0.15, 0.2) is 0 Å². The van der Waals surface area contributed by atoms with Crippen molar-refractivity contribution < 1.29 is 23.3 Å². The molecule has 0 nitrogen and oxygen atoms in total. The summed E-state index contributed by atoms with van der Waals surface area (Å²) in [6.45, 7) is 1.81. The first-order valence-corrected chi connectivity index (χ1v) is 2.43. The summed E-state index contributed by atoms with van der Waals surface area (Å²) in [7, 11) is 0. The fourth-order valence-corrected chi connectivity index (χ4v) is 0.549. The minimum atomic E-state index is -0.287. The van der Waals surface area contributed by atoms with Crippen molar-refractivity contribution in [1.82, 2.24) is 0 Å². The summed E-state index contributed by atoms with van der Waals surface area (Å²) in [6, 6.07) is 7.36. The molecule has 0 saturated heterocycles. The fourth-order valence-electron chi connectivity index (χ4n) is 0.549. The van der Waals surface area contributed by atoms with E-state index >= 15 is 0 Å². The van der Waals surface area contributed by atoms with Gasteiger partial charge in [0, 0.05) is 5.82 Å². The van der Waals surface area contributed by atoms with E-state index in [0.29, 0.717) is 0 Å². The maximum absolute atomic E-state index is 12.1. The van der Waals surface area contributed by atoms with Crippen molar-refractivity contribution in [2.45, 2.75) is 6.92 Å². The molecule has 1 rings (SSSR count). The van der Waals surface area contributed by atoms with Gasteiger partial charge in [-0.15, -0.1) is 12.1 Å². The van der Waals surface area contributed by atoms with Gasteiger partial charge in [-0.2, -0.15) is 17.7 Å². The van der Waals surface area contributed by atoms with E-state index < -0.39 is 0 Å². The van der Waals surface area contributed by atoms with Crippen molar-refractivity contribution in [1.29, 1.82) is 0 Å². The number of rotatable bonds is 0. The van der Waals surface area contributed by atoms with Gasteiger partial charge in [-0.1, -0.05) is 6.92 Å². The van der Waals surface area contributed by atoms with Crippen molar-refractivity contribution in [3.63, 3.8) is 0 Å². The molecule has 1 aromatic rings. The molecule has 0 saturated carbocycles. The molecule has 0 fully saturated rings. The third-order valence-corrected chi connectivity index (χ3v) is 0.905. The molecule has 9 heavy (non-hydrogen) atoms. The van der Waals surface area contributed by atoms with E-state index in [2.05, 4.69) is 6.07 Å². The Balaban J connectivity index is 0.000000640. The van der Waals surface area contributed by atoms with Gasteiger partial charge in [0.1, 0.15) is 0 Å². The van der Waals surface area contributed by atoms with Gasteiger partial charge >= 0.3 is 18.9 Å². The number of aryl methyl sites for hydroxylation is 1. The number of hydrogen-bond acceptors (Lipinski definition) is 0. The van der Waals surface area contributed by atoms with Gasteiger partial charge in [0.05, 0.1) is 0 Å². The minimum Gasteiger partial charge on any atom is -0.236 e. The van der Waals surface area contributed by atoms with Gasteiger partial charge in [0.2, 0.25) is 0 Å². The first-order chi connectivity index (χ1) is 3.79. The second kappa shape index (κ2) is 3.71. The standard InChI is InChI=1S/C7H6F.Li/c1-6-3-2-4-7(8)5-6;/h2-4H,1H3;/q-1;+1. The smallest absolute Gasteiger partial charge is 0.236 e. The molecule has 0 heterocycles. The molecule has 0 N–H and O–H groups in total. The van der Waals surface area contributed by atoms with Gasteiger partial charge in [-0.25, -0.2) is 4.39 Å². The number of hydrogen-bond donors (Lipinski definition) is 0. The van der Waals surface area contributed by atoms with Crippen LogP contribution in [0, 0.1) is 18.8 Å². The maximum atomic E-state index is 12.1. The van der Waals surface area contributed by atoms with Gasteiger partial charge in [-0.3, -0.25) is 0 Å². The molecular formula is C7H6FLi. The normalized spacial score (nSPS) is 8.22. The molecule has 0 aromatic heterocycles. The minimum absolute atomic E-state index is 0. The Kier molecular flexibility index (Phi) is 3.61. The van der Waals surface area contributed by atoms with Crippen molar-refractivity contribution in [3.8, 4) is 0 Å². The Morgan fingerprint density at radius 3 is 2.44 bits per heavy atom. The van der Waals surface area contributed by atoms with E-state index in [1.807, 2.05) is 13.0 Å². The van der Waals surface area contributed by atoms with Crippen LogP contribution >= 0.6 is 0 Å². The Morgan fingerprint density at radius 1 is 1.44 bits per heavy atom. The second-order valence-corrected chi connectivity index (χ2v) is 1.68. The quantitative estimate of drug-likeness (QED) is 0.299. The largest absolute Gasteiger partial charge is 1.00 e. The summed E-state index contributed by atoms with van der Waals surface area (Å²) < 4.78 is 12.1. The maximum Gasteiger partial charge on any atom is 1.00 e. The van der Waals surface area contributed by atoms with Gasteiger partial charge < -0.3 is 0 Å². The van der Waals surface area contributed by atoms with Crippen molar-refractivity contribution in [2.75, 3.05) is 0 Å². The van der Waals surface area contributed by atoms with E-state index in [9.17, 15) is 4.39 Å². The predicted molar refractivity (Wildman–Crippen MR) is 30.0 cm³/mol. The summed E-state index contributed by atoms with van der Waals surface area (Å²) in [5.74, 6) is -0.287. The Hall–Kier alpha value is -0.253. The zero-order chi connectivity index (χ0) is 5.98. The molecule has 0 aliphatic heterocycles. The van der Waals surface area contributed by atoms with Crippen LogP contribution in [0.4, 0.5) is 4.39 Å². The van der Waals surface area contributed by atoms with Crippen LogP contribution in [0.3, 0.4) is 0 Å². The van der Waals surface area contributed by atoms with Crippen LogP contribution in [0.15, 0.2) is 18.2 Å². The zero-order valence-corrected chi connectivity index (χ0v) is 5.61. The van der Waals surface area contributed by atoms with Crippen LogP contribution in [0.5, 0.6) is 0 Å². The van der Waals surface area contributed by atoms with Crippen molar-refractivity contribution >= 4 is 0 Å². The van der Waals surface area contributed by atoms with E-state index in [1.165, 1.54) is 6.07 Å². The van der Waals surface area contributed by atoms with Crippen LogP contribution in [-0.4, -0.2) is 0 Å². The molecule has 2 heteroatoms. The topological polar surface area (TPSA) is 0 Å². The first kappa shape index (κ1) is 8.75. The Morgan fingerprint density at radius 2 is 2.11 bits per heavy atom. The SMILES string of the molecule is Cc1[c-]c(F)ccc1.[Li+]. The molecule has 0 spiro atoms.